The Hall–Kier alpha value is -2.11. The lowest BCUT2D eigenvalue weighted by molar-refractivity contribution is -0.142. The molecule has 2 aromatic rings. The minimum absolute atomic E-state index is 0.150. The maximum atomic E-state index is 11.2. The molecule has 5 heteroatoms. The Labute approximate surface area is 135 Å². The summed E-state index contributed by atoms with van der Waals surface area (Å²) in [6, 6.07) is 13.3. The highest BCUT2D eigenvalue weighted by Gasteiger charge is 2.31. The largest absolute Gasteiger partial charge is 0.490 e. The van der Waals surface area contributed by atoms with Crippen LogP contribution in [0.4, 0.5) is 0 Å². The fraction of sp³-hybridized carbons (Fsp3) is 0.389. The van der Waals surface area contributed by atoms with Gasteiger partial charge in [-0.05, 0) is 30.8 Å². The maximum absolute atomic E-state index is 11.2. The Kier molecular flexibility index (Phi) is 4.79. The molecule has 23 heavy (non-hydrogen) atoms. The number of aliphatic hydroxyl groups is 1. The third-order valence-corrected chi connectivity index (χ3v) is 4.27. The second kappa shape index (κ2) is 6.98. The van der Waals surface area contributed by atoms with Gasteiger partial charge in [0.1, 0.15) is 24.5 Å². The summed E-state index contributed by atoms with van der Waals surface area (Å²) in [6.45, 7) is 1.18. The molecule has 2 N–H and O–H groups in total. The zero-order chi connectivity index (χ0) is 16.2. The van der Waals surface area contributed by atoms with Crippen molar-refractivity contribution in [2.24, 2.45) is 0 Å². The van der Waals surface area contributed by atoms with E-state index in [4.69, 9.17) is 9.84 Å². The van der Waals surface area contributed by atoms with E-state index < -0.39 is 18.1 Å². The van der Waals surface area contributed by atoms with Crippen LogP contribution in [0.1, 0.15) is 12.8 Å². The fourth-order valence-corrected chi connectivity index (χ4v) is 3.16. The van der Waals surface area contributed by atoms with Gasteiger partial charge in [0.05, 0.1) is 0 Å². The number of aliphatic hydroxyl groups excluding tert-OH is 1. The van der Waals surface area contributed by atoms with Gasteiger partial charge in [-0.2, -0.15) is 0 Å². The third kappa shape index (κ3) is 3.63. The van der Waals surface area contributed by atoms with Gasteiger partial charge in [-0.15, -0.1) is 0 Å². The summed E-state index contributed by atoms with van der Waals surface area (Å²) in [4.78, 5) is 13.0. The van der Waals surface area contributed by atoms with Crippen molar-refractivity contribution in [3.63, 3.8) is 0 Å². The molecule has 5 nitrogen and oxygen atoms in total. The van der Waals surface area contributed by atoms with E-state index in [9.17, 15) is 9.90 Å². The van der Waals surface area contributed by atoms with Gasteiger partial charge in [-0.3, -0.25) is 9.69 Å². The van der Waals surface area contributed by atoms with Crippen LogP contribution in [0.3, 0.4) is 0 Å². The van der Waals surface area contributed by atoms with Gasteiger partial charge in [0.2, 0.25) is 0 Å². The Morgan fingerprint density at radius 3 is 2.87 bits per heavy atom. The van der Waals surface area contributed by atoms with Gasteiger partial charge in [-0.1, -0.05) is 36.4 Å². The normalized spacial score (nSPS) is 19.8. The van der Waals surface area contributed by atoms with E-state index in [1.807, 2.05) is 47.4 Å². The minimum Gasteiger partial charge on any atom is -0.490 e. The van der Waals surface area contributed by atoms with E-state index in [0.29, 0.717) is 19.5 Å². The average molecular weight is 315 g/mol. The van der Waals surface area contributed by atoms with Gasteiger partial charge in [0.25, 0.3) is 0 Å². The molecular formula is C18H21NO4. The molecule has 0 bridgehead atoms. The first-order valence-corrected chi connectivity index (χ1v) is 7.90. The van der Waals surface area contributed by atoms with Crippen LogP contribution in [-0.2, 0) is 4.79 Å². The number of carbonyl (C=O) groups is 1. The molecule has 1 aliphatic rings. The van der Waals surface area contributed by atoms with Crippen LogP contribution in [0.2, 0.25) is 0 Å². The number of β-amino-alcohol motifs (C(OH)–C–C–N with tert-alkyl or cyclic N) is 1. The number of carboxylic acids is 1. The molecular weight excluding hydrogens is 294 g/mol. The zero-order valence-corrected chi connectivity index (χ0v) is 12.9. The van der Waals surface area contributed by atoms with Crippen LogP contribution >= 0.6 is 0 Å². The molecule has 122 valence electrons. The van der Waals surface area contributed by atoms with Crippen LogP contribution in [0.25, 0.3) is 10.8 Å². The number of aliphatic carboxylic acids is 1. The number of hydrogen-bond acceptors (Lipinski definition) is 4. The number of carboxylic acid groups (broad SMARTS) is 1. The van der Waals surface area contributed by atoms with Crippen LogP contribution in [0.5, 0.6) is 5.75 Å². The van der Waals surface area contributed by atoms with Crippen molar-refractivity contribution in [2.45, 2.75) is 25.0 Å². The second-order valence-corrected chi connectivity index (χ2v) is 5.93. The lowest BCUT2D eigenvalue weighted by Gasteiger charge is -2.24. The summed E-state index contributed by atoms with van der Waals surface area (Å²) >= 11 is 0. The van der Waals surface area contributed by atoms with E-state index in [1.54, 1.807) is 0 Å². The first-order chi connectivity index (χ1) is 11.1. The maximum Gasteiger partial charge on any atom is 0.320 e. The molecule has 1 fully saturated rings. The fourth-order valence-electron chi connectivity index (χ4n) is 3.16. The summed E-state index contributed by atoms with van der Waals surface area (Å²) in [5.41, 5.74) is 0. The van der Waals surface area contributed by atoms with E-state index >= 15 is 0 Å². The molecule has 3 rings (SSSR count). The molecule has 2 aromatic carbocycles. The molecule has 2 unspecified atom stereocenters. The van der Waals surface area contributed by atoms with E-state index in [0.717, 1.165) is 22.9 Å². The first kappa shape index (κ1) is 15.8. The van der Waals surface area contributed by atoms with Gasteiger partial charge >= 0.3 is 5.97 Å². The van der Waals surface area contributed by atoms with E-state index in [-0.39, 0.29) is 6.61 Å². The van der Waals surface area contributed by atoms with Gasteiger partial charge in [-0.25, -0.2) is 0 Å². The van der Waals surface area contributed by atoms with Crippen LogP contribution in [0.15, 0.2) is 42.5 Å². The van der Waals surface area contributed by atoms with Gasteiger partial charge in [0.15, 0.2) is 0 Å². The number of rotatable bonds is 6. The summed E-state index contributed by atoms with van der Waals surface area (Å²) in [6.07, 6.45) is 0.786. The summed E-state index contributed by atoms with van der Waals surface area (Å²) in [5, 5.41) is 21.4. The van der Waals surface area contributed by atoms with Crippen LogP contribution in [-0.4, -0.2) is 52.9 Å². The Morgan fingerprint density at radius 1 is 1.26 bits per heavy atom. The summed E-state index contributed by atoms with van der Waals surface area (Å²) in [5.74, 6) is -0.0805. The minimum atomic E-state index is -0.815. The Balaban J connectivity index is 1.60. The molecule has 2 atom stereocenters. The zero-order valence-electron chi connectivity index (χ0n) is 12.9. The highest BCUT2D eigenvalue weighted by molar-refractivity contribution is 5.88. The number of fused-ring (bicyclic) bond motifs is 1. The predicted octanol–water partition coefficient (Wildman–Crippen LogP) is 2.13. The molecule has 1 saturated heterocycles. The first-order valence-electron chi connectivity index (χ1n) is 7.90. The van der Waals surface area contributed by atoms with Crippen LogP contribution in [0, 0.1) is 0 Å². The SMILES string of the molecule is O=C(O)C1CCCN1CC(O)COc1cccc2ccccc12. The molecule has 0 spiro atoms. The van der Waals surface area contributed by atoms with Crippen LogP contribution < -0.4 is 4.74 Å². The standard InChI is InChI=1S/C18H21NO4/c20-14(11-19-10-4-8-16(19)18(21)22)12-23-17-9-3-6-13-5-1-2-7-15(13)17/h1-3,5-7,9,14,16,20H,4,8,10-12H2,(H,21,22). The van der Waals surface area contributed by atoms with E-state index in [2.05, 4.69) is 0 Å². The predicted molar refractivity (Wildman–Crippen MR) is 87.7 cm³/mol. The second-order valence-electron chi connectivity index (χ2n) is 5.93. The third-order valence-electron chi connectivity index (χ3n) is 4.27. The quantitative estimate of drug-likeness (QED) is 0.854. The molecule has 1 heterocycles. The summed E-state index contributed by atoms with van der Waals surface area (Å²) in [7, 11) is 0. The van der Waals surface area contributed by atoms with Gasteiger partial charge < -0.3 is 14.9 Å². The average Bonchev–Trinajstić information content (AvgIpc) is 3.01. The highest BCUT2D eigenvalue weighted by atomic mass is 16.5. The van der Waals surface area contributed by atoms with Crippen molar-refractivity contribution in [2.75, 3.05) is 19.7 Å². The Morgan fingerprint density at radius 2 is 2.04 bits per heavy atom. The molecule has 0 saturated carbocycles. The monoisotopic (exact) mass is 315 g/mol. The molecule has 0 radical (unpaired) electrons. The van der Waals surface area contributed by atoms with Gasteiger partial charge in [0, 0.05) is 11.9 Å². The molecule has 1 aliphatic heterocycles. The number of benzene rings is 2. The molecule has 0 aromatic heterocycles. The number of nitrogens with zero attached hydrogens (tertiary/aromatic N) is 1. The molecule has 0 aliphatic carbocycles. The Bertz CT molecular complexity index is 682. The van der Waals surface area contributed by atoms with Crippen molar-refractivity contribution in [3.05, 3.63) is 42.5 Å². The van der Waals surface area contributed by atoms with Crippen molar-refractivity contribution < 1.29 is 19.7 Å². The number of ether oxygens (including phenoxy) is 1. The van der Waals surface area contributed by atoms with Crippen molar-refractivity contribution in [1.29, 1.82) is 0 Å². The number of likely N-dealkylation sites (tertiary alicyclic amines) is 1. The van der Waals surface area contributed by atoms with Crippen molar-refractivity contribution >= 4 is 16.7 Å². The van der Waals surface area contributed by atoms with E-state index in [1.165, 1.54) is 0 Å². The molecule has 0 amide bonds. The van der Waals surface area contributed by atoms with Crippen molar-refractivity contribution in [1.82, 2.24) is 4.90 Å². The summed E-state index contributed by atoms with van der Waals surface area (Å²) < 4.78 is 5.76. The lowest BCUT2D eigenvalue weighted by Crippen LogP contribution is -2.42. The lowest BCUT2D eigenvalue weighted by atomic mass is 10.1. The topological polar surface area (TPSA) is 70.0 Å². The highest BCUT2D eigenvalue weighted by Crippen LogP contribution is 2.25. The smallest absolute Gasteiger partial charge is 0.320 e. The van der Waals surface area contributed by atoms with Crippen molar-refractivity contribution in [3.8, 4) is 5.75 Å². The number of hydrogen-bond donors (Lipinski definition) is 2.